The Labute approximate surface area is 128 Å². The van der Waals surface area contributed by atoms with Crippen molar-refractivity contribution in [2.24, 2.45) is 0 Å². The Morgan fingerprint density at radius 2 is 1.86 bits per heavy atom. The van der Waals surface area contributed by atoms with Crippen LogP contribution >= 0.6 is 0 Å². The molecule has 1 aromatic rings. The first-order valence-electron chi connectivity index (χ1n) is 6.64. The number of ether oxygens (including phenoxy) is 1. The van der Waals surface area contributed by atoms with E-state index >= 15 is 0 Å². The van der Waals surface area contributed by atoms with Crippen molar-refractivity contribution in [3.05, 3.63) is 81.8 Å². The fourth-order valence-corrected chi connectivity index (χ4v) is 1.99. The molecule has 0 heterocycles. The van der Waals surface area contributed by atoms with Crippen molar-refractivity contribution in [2.45, 2.75) is 6.92 Å². The van der Waals surface area contributed by atoms with Crippen molar-refractivity contribution >= 4 is 11.5 Å². The van der Waals surface area contributed by atoms with Gasteiger partial charge in [-0.1, -0.05) is 17.7 Å². The summed E-state index contributed by atoms with van der Waals surface area (Å²) in [4.78, 5) is -0.450. The highest BCUT2D eigenvalue weighted by molar-refractivity contribution is 6.02. The Morgan fingerprint density at radius 1 is 1.18 bits per heavy atom. The van der Waals surface area contributed by atoms with E-state index in [-0.39, 0.29) is 11.5 Å². The molecule has 0 atom stereocenters. The van der Waals surface area contributed by atoms with Crippen molar-refractivity contribution in [3.63, 3.8) is 0 Å². The molecule has 5 heteroatoms. The van der Waals surface area contributed by atoms with Crippen LogP contribution in [0.4, 0.5) is 0 Å². The molecule has 0 spiro atoms. The van der Waals surface area contributed by atoms with Gasteiger partial charge in [-0.2, -0.15) is 4.90 Å². The normalized spacial score (nSPS) is 14.2. The topological polar surface area (TPSA) is 78.6 Å². The molecule has 0 saturated heterocycles. The maximum atomic E-state index is 10.6. The molecule has 1 aromatic carbocycles. The third-order valence-electron chi connectivity index (χ3n) is 3.17. The van der Waals surface area contributed by atoms with Crippen molar-refractivity contribution in [1.82, 2.24) is 0 Å². The molecule has 0 fully saturated rings. The molecular weight excluding hydrogens is 282 g/mol. The van der Waals surface area contributed by atoms with Gasteiger partial charge in [-0.3, -0.25) is 0 Å². The van der Waals surface area contributed by atoms with Crippen LogP contribution in [0.2, 0.25) is 0 Å². The molecule has 0 radical (unpaired) electrons. The molecule has 1 N–H and O–H groups in total. The summed E-state index contributed by atoms with van der Waals surface area (Å²) in [6.45, 7) is 1.93. The molecule has 0 unspecified atom stereocenters. The minimum atomic E-state index is -0.450. The van der Waals surface area contributed by atoms with E-state index in [2.05, 4.69) is 0 Å². The van der Waals surface area contributed by atoms with Crippen LogP contribution in [0.1, 0.15) is 11.1 Å². The van der Waals surface area contributed by atoms with Gasteiger partial charge in [0.05, 0.1) is 12.7 Å². The second kappa shape index (κ2) is 6.67. The lowest BCUT2D eigenvalue weighted by Gasteiger charge is -2.09. The number of allylic oxidation sites excluding steroid dienone is 7. The van der Waals surface area contributed by atoms with Gasteiger partial charge >= 0.3 is 0 Å². The van der Waals surface area contributed by atoms with Crippen LogP contribution in [0.3, 0.4) is 0 Å². The minimum absolute atomic E-state index is 0.0331. The van der Waals surface area contributed by atoms with Gasteiger partial charge in [0, 0.05) is 12.2 Å². The molecule has 0 aromatic heterocycles. The monoisotopic (exact) mass is 298 g/mol. The second-order valence-electron chi connectivity index (χ2n) is 4.77. The summed E-state index contributed by atoms with van der Waals surface area (Å²) in [5.74, 6) is 0.648. The summed E-state index contributed by atoms with van der Waals surface area (Å²) in [6.07, 6.45) is 9.30. The van der Waals surface area contributed by atoms with Crippen LogP contribution in [0.25, 0.3) is 5.76 Å². The fraction of sp³-hybridized carbons (Fsp3) is 0.118. The summed E-state index contributed by atoms with van der Waals surface area (Å²) in [6, 6.07) is 5.52. The molecule has 1 aliphatic rings. The molecule has 0 saturated carbocycles. The molecule has 1 aliphatic carbocycles. The highest BCUT2D eigenvalue weighted by Gasteiger charge is 2.07. The van der Waals surface area contributed by atoms with Crippen LogP contribution < -0.4 is 4.74 Å². The van der Waals surface area contributed by atoms with Crippen LogP contribution in [-0.4, -0.2) is 22.8 Å². The Morgan fingerprint density at radius 3 is 2.45 bits per heavy atom. The largest absolute Gasteiger partial charge is 0.612 e. The van der Waals surface area contributed by atoms with Crippen molar-refractivity contribution in [2.75, 3.05) is 7.11 Å². The zero-order valence-corrected chi connectivity index (χ0v) is 12.3. The Kier molecular flexibility index (Phi) is 4.68. The van der Waals surface area contributed by atoms with Gasteiger partial charge in [-0.25, -0.2) is 0 Å². The molecule has 114 valence electrons. The Balaban J connectivity index is 2.26. The molecule has 0 amide bonds. The third kappa shape index (κ3) is 3.58. The number of hydrogen-bond acceptors (Lipinski definition) is 4. The zero-order chi connectivity index (χ0) is 16.1. The standard InChI is InChI=1S/C17H16NO4/c1-12-3-10-17(22-2)15(11-12)16(19)9-6-13-4-7-14(8-5-13)18(20)21/h3-11H,1-2H3,(H-,19,20,21)/q-1. The van der Waals surface area contributed by atoms with E-state index in [0.717, 1.165) is 11.1 Å². The predicted molar refractivity (Wildman–Crippen MR) is 86.7 cm³/mol. The average Bonchev–Trinajstić information content (AvgIpc) is 2.53. The van der Waals surface area contributed by atoms with Crippen LogP contribution in [0.5, 0.6) is 5.75 Å². The van der Waals surface area contributed by atoms with Crippen molar-refractivity contribution in [3.8, 4) is 5.75 Å². The summed E-state index contributed by atoms with van der Waals surface area (Å²) in [7, 11) is 1.54. The maximum absolute atomic E-state index is 10.6. The Bertz CT molecular complexity index is 702. The summed E-state index contributed by atoms with van der Waals surface area (Å²) < 4.78 is 5.23. The van der Waals surface area contributed by atoms with Crippen LogP contribution in [0.15, 0.2) is 60.2 Å². The van der Waals surface area contributed by atoms with Crippen LogP contribution in [0, 0.1) is 17.3 Å². The lowest BCUT2D eigenvalue weighted by molar-refractivity contribution is -0.377. The van der Waals surface area contributed by atoms with E-state index in [4.69, 9.17) is 4.74 Å². The lowest BCUT2D eigenvalue weighted by Crippen LogP contribution is -2.06. The van der Waals surface area contributed by atoms with Gasteiger partial charge < -0.3 is 20.3 Å². The van der Waals surface area contributed by atoms with Gasteiger partial charge in [0.15, 0.2) is 0 Å². The van der Waals surface area contributed by atoms with Gasteiger partial charge in [0.2, 0.25) is 5.71 Å². The first-order valence-corrected chi connectivity index (χ1v) is 6.64. The third-order valence-corrected chi connectivity index (χ3v) is 3.17. The summed E-state index contributed by atoms with van der Waals surface area (Å²) >= 11 is 0. The summed E-state index contributed by atoms with van der Waals surface area (Å²) in [5, 5.41) is 31.4. The molecule has 0 bridgehead atoms. The number of methoxy groups -OCH3 is 1. The minimum Gasteiger partial charge on any atom is -0.612 e. The van der Waals surface area contributed by atoms with E-state index < -0.39 is 4.90 Å². The van der Waals surface area contributed by atoms with Gasteiger partial charge in [-0.05, 0) is 42.9 Å². The number of rotatable bonds is 3. The number of aliphatic hydroxyl groups excluding tert-OH is 1. The van der Waals surface area contributed by atoms with Gasteiger partial charge in [0.1, 0.15) is 11.5 Å². The average molecular weight is 298 g/mol. The van der Waals surface area contributed by atoms with Crippen molar-refractivity contribution in [1.29, 1.82) is 0 Å². The number of aliphatic hydroxyl groups is 1. The SMILES string of the molecule is COc1ccc(C)cc1C(O)=CC=C1C=CC(=[N+]([O-])[O-])C=C1. The smallest absolute Gasteiger partial charge is 0.222 e. The maximum Gasteiger partial charge on any atom is 0.222 e. The van der Waals surface area contributed by atoms with Crippen molar-refractivity contribution < 1.29 is 14.7 Å². The van der Waals surface area contributed by atoms with E-state index in [1.165, 1.54) is 12.2 Å². The highest BCUT2D eigenvalue weighted by Crippen LogP contribution is 2.25. The number of hydrogen-bond donors (Lipinski definition) is 1. The molecule has 5 nitrogen and oxygen atoms in total. The molecular formula is C17H16NO4-. The number of aryl methyl sites for hydroxylation is 1. The Hall–Kier alpha value is -2.95. The molecule has 2 rings (SSSR count). The second-order valence-corrected chi connectivity index (χ2v) is 4.77. The number of nitrogens with zero attached hydrogens (tertiary/aromatic N) is 1. The summed E-state index contributed by atoms with van der Waals surface area (Å²) in [5.41, 5.74) is 2.39. The first kappa shape index (κ1) is 15.4. The predicted octanol–water partition coefficient (Wildman–Crippen LogP) is 3.40. The quantitative estimate of drug-likeness (QED) is 0.527. The van der Waals surface area contributed by atoms with Crippen LogP contribution in [-0.2, 0) is 0 Å². The van der Waals surface area contributed by atoms with Gasteiger partial charge in [-0.15, -0.1) is 0 Å². The number of benzene rings is 1. The first-order chi connectivity index (χ1) is 10.5. The molecule has 22 heavy (non-hydrogen) atoms. The van der Waals surface area contributed by atoms with Gasteiger partial charge in [0.25, 0.3) is 0 Å². The van der Waals surface area contributed by atoms with E-state index in [1.807, 2.05) is 19.1 Å². The highest BCUT2D eigenvalue weighted by atomic mass is 16.8. The van der Waals surface area contributed by atoms with E-state index in [0.29, 0.717) is 11.3 Å². The molecule has 0 aliphatic heterocycles. The zero-order valence-electron chi connectivity index (χ0n) is 12.3. The van der Waals surface area contributed by atoms with E-state index in [9.17, 15) is 15.5 Å². The lowest BCUT2D eigenvalue weighted by atomic mass is 10.1. The van der Waals surface area contributed by atoms with E-state index in [1.54, 1.807) is 37.5 Å². The fourth-order valence-electron chi connectivity index (χ4n) is 1.99.